The van der Waals surface area contributed by atoms with Gasteiger partial charge >= 0.3 is 0 Å². The van der Waals surface area contributed by atoms with E-state index in [9.17, 15) is 4.39 Å². The first kappa shape index (κ1) is 22.1. The molecular formula is C23H31FN4O2. The molecule has 1 N–H and O–H groups in total. The van der Waals surface area contributed by atoms with E-state index >= 15 is 0 Å². The van der Waals surface area contributed by atoms with Gasteiger partial charge in [-0.1, -0.05) is 30.3 Å². The maximum absolute atomic E-state index is 13.1. The van der Waals surface area contributed by atoms with Gasteiger partial charge in [-0.15, -0.1) is 0 Å². The van der Waals surface area contributed by atoms with E-state index < -0.39 is 0 Å². The van der Waals surface area contributed by atoms with Gasteiger partial charge < -0.3 is 19.7 Å². The summed E-state index contributed by atoms with van der Waals surface area (Å²) in [6, 6.07) is 14.6. The Morgan fingerprint density at radius 2 is 1.90 bits per heavy atom. The maximum Gasteiger partial charge on any atom is 0.193 e. The average molecular weight is 415 g/mol. The number of hydrogen-bond donors (Lipinski definition) is 1. The Kier molecular flexibility index (Phi) is 8.47. The van der Waals surface area contributed by atoms with Gasteiger partial charge in [0.2, 0.25) is 0 Å². The molecule has 0 unspecified atom stereocenters. The molecule has 0 atom stereocenters. The van der Waals surface area contributed by atoms with Gasteiger partial charge in [-0.05, 0) is 23.8 Å². The highest BCUT2D eigenvalue weighted by atomic mass is 19.1. The number of aliphatic imine (C=N–C) groups is 1. The quantitative estimate of drug-likeness (QED) is 0.532. The van der Waals surface area contributed by atoms with Crippen LogP contribution in [0.1, 0.15) is 11.1 Å². The highest BCUT2D eigenvalue weighted by Crippen LogP contribution is 2.18. The zero-order valence-electron chi connectivity index (χ0n) is 17.8. The molecule has 162 valence electrons. The van der Waals surface area contributed by atoms with E-state index in [4.69, 9.17) is 9.47 Å². The Balaban J connectivity index is 1.51. The molecule has 2 aromatic carbocycles. The summed E-state index contributed by atoms with van der Waals surface area (Å²) in [7, 11) is 3.72. The molecule has 1 aliphatic heterocycles. The van der Waals surface area contributed by atoms with Crippen molar-refractivity contribution >= 4 is 5.96 Å². The highest BCUT2D eigenvalue weighted by molar-refractivity contribution is 5.79. The maximum atomic E-state index is 13.1. The fraction of sp³-hybridized carbons (Fsp3) is 0.435. The van der Waals surface area contributed by atoms with Crippen molar-refractivity contribution in [3.05, 3.63) is 65.5 Å². The van der Waals surface area contributed by atoms with Crippen LogP contribution in [0.2, 0.25) is 0 Å². The normalized spacial score (nSPS) is 15.1. The number of para-hydroxylation sites is 1. The third-order valence-corrected chi connectivity index (χ3v) is 5.08. The minimum Gasteiger partial charge on any atom is -0.492 e. The summed E-state index contributed by atoms with van der Waals surface area (Å²) in [5.41, 5.74) is 2.10. The Hall–Kier alpha value is -2.64. The number of nitrogens with zero attached hydrogens (tertiary/aromatic N) is 3. The molecule has 0 spiro atoms. The molecule has 6 nitrogen and oxygen atoms in total. The molecule has 7 heteroatoms. The van der Waals surface area contributed by atoms with Crippen LogP contribution in [-0.2, 0) is 17.8 Å². The largest absolute Gasteiger partial charge is 0.492 e. The highest BCUT2D eigenvalue weighted by Gasteiger charge is 2.12. The van der Waals surface area contributed by atoms with E-state index in [0.717, 1.165) is 55.7 Å². The molecule has 1 aliphatic rings. The molecule has 1 saturated heterocycles. The lowest BCUT2D eigenvalue weighted by atomic mass is 10.2. The topological polar surface area (TPSA) is 49.3 Å². The number of nitrogens with one attached hydrogen (secondary N) is 1. The van der Waals surface area contributed by atoms with Crippen LogP contribution in [0.25, 0.3) is 0 Å². The monoisotopic (exact) mass is 414 g/mol. The van der Waals surface area contributed by atoms with E-state index in [2.05, 4.69) is 21.3 Å². The van der Waals surface area contributed by atoms with Gasteiger partial charge in [-0.2, -0.15) is 0 Å². The van der Waals surface area contributed by atoms with Gasteiger partial charge in [0.1, 0.15) is 18.2 Å². The molecule has 2 aromatic rings. The van der Waals surface area contributed by atoms with Crippen LogP contribution >= 0.6 is 0 Å². The second-order valence-corrected chi connectivity index (χ2v) is 7.29. The minimum absolute atomic E-state index is 0.228. The molecule has 3 rings (SSSR count). The fourth-order valence-corrected chi connectivity index (χ4v) is 3.40. The van der Waals surface area contributed by atoms with Gasteiger partial charge in [0.15, 0.2) is 5.96 Å². The van der Waals surface area contributed by atoms with Crippen molar-refractivity contribution in [1.29, 1.82) is 0 Å². The van der Waals surface area contributed by atoms with Crippen LogP contribution < -0.4 is 10.1 Å². The van der Waals surface area contributed by atoms with Crippen LogP contribution in [0.3, 0.4) is 0 Å². The minimum atomic E-state index is -0.228. The Labute approximate surface area is 178 Å². The molecule has 0 saturated carbocycles. The molecule has 1 heterocycles. The molecule has 0 aromatic heterocycles. The summed E-state index contributed by atoms with van der Waals surface area (Å²) < 4.78 is 24.6. The first-order chi connectivity index (χ1) is 14.7. The molecule has 30 heavy (non-hydrogen) atoms. The van der Waals surface area contributed by atoms with Crippen LogP contribution in [0.5, 0.6) is 5.75 Å². The summed E-state index contributed by atoms with van der Waals surface area (Å²) in [6.45, 7) is 6.30. The predicted octanol–water partition coefficient (Wildman–Crippen LogP) is 2.74. The summed E-state index contributed by atoms with van der Waals surface area (Å²) in [6.07, 6.45) is 0. The molecule has 1 fully saturated rings. The van der Waals surface area contributed by atoms with Crippen molar-refractivity contribution in [2.45, 2.75) is 13.1 Å². The third kappa shape index (κ3) is 6.71. The third-order valence-electron chi connectivity index (χ3n) is 5.08. The van der Waals surface area contributed by atoms with Gasteiger partial charge in [0, 0.05) is 52.4 Å². The molecule has 0 amide bonds. The van der Waals surface area contributed by atoms with Gasteiger partial charge in [-0.25, -0.2) is 4.39 Å². The second kappa shape index (κ2) is 11.5. The first-order valence-electron chi connectivity index (χ1n) is 10.3. The Morgan fingerprint density at radius 1 is 1.17 bits per heavy atom. The molecule has 0 bridgehead atoms. The Bertz CT molecular complexity index is 807. The fourth-order valence-electron chi connectivity index (χ4n) is 3.40. The lowest BCUT2D eigenvalue weighted by Gasteiger charge is -2.26. The van der Waals surface area contributed by atoms with E-state index in [0.29, 0.717) is 19.7 Å². The second-order valence-electron chi connectivity index (χ2n) is 7.29. The number of benzene rings is 2. The van der Waals surface area contributed by atoms with Crippen LogP contribution in [-0.4, -0.2) is 69.3 Å². The number of ether oxygens (including phenoxy) is 2. The standard InChI is InChI=1S/C23H31FN4O2/c1-25-23(27(2)18-19-7-9-21(24)10-8-19)26-17-20-5-3-4-6-22(20)30-16-13-28-11-14-29-15-12-28/h3-10H,11-18H2,1-2H3,(H,25,26). The van der Waals surface area contributed by atoms with Crippen molar-refractivity contribution in [2.24, 2.45) is 4.99 Å². The zero-order valence-corrected chi connectivity index (χ0v) is 17.8. The summed E-state index contributed by atoms with van der Waals surface area (Å²) in [5, 5.41) is 3.39. The van der Waals surface area contributed by atoms with E-state index in [1.165, 1.54) is 12.1 Å². The van der Waals surface area contributed by atoms with E-state index in [1.54, 1.807) is 19.2 Å². The molecule has 0 radical (unpaired) electrons. The number of hydrogen-bond acceptors (Lipinski definition) is 4. The summed E-state index contributed by atoms with van der Waals surface area (Å²) >= 11 is 0. The number of morpholine rings is 1. The first-order valence-corrected chi connectivity index (χ1v) is 10.3. The summed E-state index contributed by atoms with van der Waals surface area (Å²) in [4.78, 5) is 8.73. The number of rotatable bonds is 8. The molecule has 0 aliphatic carbocycles. The number of guanidine groups is 1. The van der Waals surface area contributed by atoms with Crippen molar-refractivity contribution < 1.29 is 13.9 Å². The SMILES string of the molecule is CN=C(NCc1ccccc1OCCN1CCOCC1)N(C)Cc1ccc(F)cc1. The Morgan fingerprint density at radius 3 is 2.63 bits per heavy atom. The zero-order chi connectivity index (χ0) is 21.2. The van der Waals surface area contributed by atoms with Gasteiger partial charge in [-0.3, -0.25) is 9.89 Å². The van der Waals surface area contributed by atoms with Crippen molar-refractivity contribution in [3.8, 4) is 5.75 Å². The summed E-state index contributed by atoms with van der Waals surface area (Å²) in [5.74, 6) is 1.42. The predicted molar refractivity (Wildman–Crippen MR) is 117 cm³/mol. The smallest absolute Gasteiger partial charge is 0.193 e. The van der Waals surface area contributed by atoms with Crippen molar-refractivity contribution in [3.63, 3.8) is 0 Å². The van der Waals surface area contributed by atoms with Gasteiger partial charge in [0.25, 0.3) is 0 Å². The van der Waals surface area contributed by atoms with E-state index in [1.807, 2.05) is 30.1 Å². The average Bonchev–Trinajstić information content (AvgIpc) is 2.77. The lowest BCUT2D eigenvalue weighted by molar-refractivity contribution is 0.0322. The van der Waals surface area contributed by atoms with Crippen LogP contribution in [0, 0.1) is 5.82 Å². The van der Waals surface area contributed by atoms with Crippen LogP contribution in [0.4, 0.5) is 4.39 Å². The van der Waals surface area contributed by atoms with Gasteiger partial charge in [0.05, 0.1) is 13.2 Å². The molecular weight excluding hydrogens is 383 g/mol. The van der Waals surface area contributed by atoms with Crippen molar-refractivity contribution in [1.82, 2.24) is 15.1 Å². The van der Waals surface area contributed by atoms with Crippen molar-refractivity contribution in [2.75, 3.05) is 53.6 Å². The number of halogens is 1. The van der Waals surface area contributed by atoms with E-state index in [-0.39, 0.29) is 5.82 Å². The lowest BCUT2D eigenvalue weighted by Crippen LogP contribution is -2.39. The van der Waals surface area contributed by atoms with Crippen LogP contribution in [0.15, 0.2) is 53.5 Å².